The van der Waals surface area contributed by atoms with Gasteiger partial charge in [0.15, 0.2) is 49.2 Å². The summed E-state index contributed by atoms with van der Waals surface area (Å²) in [6.45, 7) is 0.315. The van der Waals surface area contributed by atoms with Crippen molar-refractivity contribution in [1.82, 2.24) is 10.6 Å². The Hall–Kier alpha value is -11.9. The van der Waals surface area contributed by atoms with Crippen molar-refractivity contribution < 1.29 is 133 Å². The topological polar surface area (TPSA) is 361 Å². The maximum atomic E-state index is 14.0. The lowest BCUT2D eigenvalue weighted by molar-refractivity contribution is -0.300. The Balaban J connectivity index is 0.593. The first kappa shape index (κ1) is 88.4. The summed E-state index contributed by atoms with van der Waals surface area (Å²) in [5.74, 6) is -7.09. The minimum atomic E-state index is -1.61. The number of hydrogen-bond donors (Lipinski definition) is 2. The molecule has 8 aromatic carbocycles. The fourth-order valence-corrected chi connectivity index (χ4v) is 11.8. The van der Waals surface area contributed by atoms with Gasteiger partial charge in [-0.1, -0.05) is 146 Å². The van der Waals surface area contributed by atoms with Crippen LogP contribution in [0, 0.1) is 0 Å². The van der Waals surface area contributed by atoms with E-state index in [0.29, 0.717) is 0 Å². The molecule has 2 aliphatic rings. The fraction of sp³-hybridized carbons (Fsp3) is 0.341. The lowest BCUT2D eigenvalue weighted by atomic mass is 9.97. The van der Waals surface area contributed by atoms with Gasteiger partial charge in [0.25, 0.3) is 0 Å². The lowest BCUT2D eigenvalue weighted by Crippen LogP contribution is -2.63. The minimum absolute atomic E-state index is 0.0384. The third-order valence-corrected chi connectivity index (χ3v) is 17.7. The monoisotopic (exact) mass is 1620 g/mol. The zero-order valence-electron chi connectivity index (χ0n) is 64.4. The van der Waals surface area contributed by atoms with Crippen LogP contribution >= 0.6 is 0 Å². The highest BCUT2D eigenvalue weighted by molar-refractivity contribution is 5.94. The molecule has 0 radical (unpaired) electrons. The van der Waals surface area contributed by atoms with E-state index in [1.54, 1.807) is 170 Å². The molecular formula is C88H92N2O28. The second kappa shape index (κ2) is 49.2. The highest BCUT2D eigenvalue weighted by atomic mass is 16.8. The van der Waals surface area contributed by atoms with E-state index in [1.807, 2.05) is 0 Å². The second-order valence-corrected chi connectivity index (χ2v) is 26.0. The van der Waals surface area contributed by atoms with Crippen molar-refractivity contribution in [3.05, 3.63) is 287 Å². The summed E-state index contributed by atoms with van der Waals surface area (Å²) >= 11 is 0. The maximum absolute atomic E-state index is 14.0. The predicted octanol–water partition coefficient (Wildman–Crippen LogP) is 8.65. The first-order chi connectivity index (χ1) is 57.8. The van der Waals surface area contributed by atoms with Crippen LogP contribution in [0.25, 0.3) is 0 Å². The Morgan fingerprint density at radius 2 is 0.449 bits per heavy atom. The molecule has 0 aromatic heterocycles. The van der Waals surface area contributed by atoms with E-state index in [-0.39, 0.29) is 175 Å². The van der Waals surface area contributed by atoms with Crippen LogP contribution in [0.15, 0.2) is 243 Å². The molecule has 4 unspecified atom stereocenters. The van der Waals surface area contributed by atoms with Gasteiger partial charge < -0.3 is 95.9 Å². The van der Waals surface area contributed by atoms with Crippen LogP contribution in [0.5, 0.6) is 0 Å². The van der Waals surface area contributed by atoms with Crippen molar-refractivity contribution in [3.63, 3.8) is 0 Å². The van der Waals surface area contributed by atoms with Gasteiger partial charge in [-0.25, -0.2) is 38.4 Å². The lowest BCUT2D eigenvalue weighted by Gasteiger charge is -2.44. The van der Waals surface area contributed by atoms with Crippen molar-refractivity contribution >= 4 is 59.6 Å². The Kier molecular flexibility index (Phi) is 36.9. The van der Waals surface area contributed by atoms with E-state index < -0.39 is 122 Å². The Bertz CT molecular complexity index is 4110. The van der Waals surface area contributed by atoms with Crippen molar-refractivity contribution in [2.75, 3.05) is 119 Å². The molecule has 2 aliphatic heterocycles. The number of ether oxygens (including phenoxy) is 18. The number of carbonyl (C=O) groups is 10. The zero-order valence-corrected chi connectivity index (χ0v) is 64.4. The van der Waals surface area contributed by atoms with E-state index >= 15 is 0 Å². The van der Waals surface area contributed by atoms with Gasteiger partial charge in [0.05, 0.1) is 137 Å². The molecule has 30 nitrogen and oxygen atoms in total. The van der Waals surface area contributed by atoms with Crippen molar-refractivity contribution in [2.24, 2.45) is 0 Å². The zero-order chi connectivity index (χ0) is 82.7. The molecule has 0 aliphatic carbocycles. The smallest absolute Gasteiger partial charge is 0.338 e. The van der Waals surface area contributed by atoms with Gasteiger partial charge in [-0.3, -0.25) is 9.59 Å². The third-order valence-electron chi connectivity index (χ3n) is 17.7. The van der Waals surface area contributed by atoms with Crippen molar-refractivity contribution in [3.8, 4) is 0 Å². The van der Waals surface area contributed by atoms with E-state index in [1.165, 1.54) is 72.8 Å². The normalized spacial score (nSPS) is 18.7. The van der Waals surface area contributed by atoms with Gasteiger partial charge >= 0.3 is 47.8 Å². The summed E-state index contributed by atoms with van der Waals surface area (Å²) < 4.78 is 107. The molecule has 8 aromatic rings. The predicted molar refractivity (Wildman–Crippen MR) is 417 cm³/mol. The molecule has 2 fully saturated rings. The van der Waals surface area contributed by atoms with E-state index in [9.17, 15) is 47.9 Å². The summed E-state index contributed by atoms with van der Waals surface area (Å²) in [7, 11) is 0. The molecular weight excluding hydrogens is 1530 g/mol. The number of esters is 8. The number of rotatable bonds is 47. The van der Waals surface area contributed by atoms with Crippen molar-refractivity contribution in [1.29, 1.82) is 0 Å². The molecule has 0 spiro atoms. The van der Waals surface area contributed by atoms with E-state index in [4.69, 9.17) is 85.3 Å². The van der Waals surface area contributed by atoms with Gasteiger partial charge in [-0.15, -0.1) is 0 Å². The molecule has 30 heteroatoms. The van der Waals surface area contributed by atoms with Gasteiger partial charge in [-0.05, 0) is 97.1 Å². The number of nitrogens with one attached hydrogen (secondary N) is 2. The number of hydrogen-bond acceptors (Lipinski definition) is 28. The van der Waals surface area contributed by atoms with Gasteiger partial charge in [0.2, 0.25) is 11.8 Å². The number of carbonyl (C=O) groups excluding carboxylic acids is 10. The summed E-state index contributed by atoms with van der Waals surface area (Å²) in [6, 6.07) is 64.3. The fourth-order valence-electron chi connectivity index (χ4n) is 11.8. The Morgan fingerprint density at radius 3 is 0.712 bits per heavy atom. The van der Waals surface area contributed by atoms with Crippen LogP contribution in [0.3, 0.4) is 0 Å². The molecule has 0 saturated carbocycles. The van der Waals surface area contributed by atoms with E-state index in [2.05, 4.69) is 10.6 Å². The summed E-state index contributed by atoms with van der Waals surface area (Å²) in [5, 5.41) is 5.51. The molecule has 622 valence electrons. The minimum Gasteiger partial charge on any atom is -0.459 e. The van der Waals surface area contributed by atoms with Crippen LogP contribution in [0.2, 0.25) is 0 Å². The SMILES string of the molecule is O=C(CCOCCOCCC(=O)NCCOCCOCCO[C@H]1OC(COC(=O)c2ccccc2)[C@@H](OC(=O)c2ccccc2)C(OC(=O)c2ccccc2)[C@H]1OC(=O)c1ccccc1)NCCOCCOCCO[C@H]1OC(COC(=O)c2ccccc2)[C@@H](OC(=O)c2ccccc2)C(OC(=O)c2ccccc2)[C@H]1OC(=O)c1ccccc1. The molecule has 10 rings (SSSR count). The number of benzene rings is 8. The quantitative estimate of drug-likeness (QED) is 0.0204. The molecule has 2 heterocycles. The molecule has 2 N–H and O–H groups in total. The molecule has 2 saturated heterocycles. The summed E-state index contributed by atoms with van der Waals surface area (Å²) in [4.78, 5) is 135. The van der Waals surface area contributed by atoms with Crippen LogP contribution < -0.4 is 10.6 Å². The molecule has 0 bridgehead atoms. The van der Waals surface area contributed by atoms with Gasteiger partial charge in [-0.2, -0.15) is 0 Å². The van der Waals surface area contributed by atoms with E-state index in [0.717, 1.165) is 0 Å². The summed E-state index contributed by atoms with van der Waals surface area (Å²) in [6.07, 6.45) is -15.1. The van der Waals surface area contributed by atoms with Crippen LogP contribution in [0.1, 0.15) is 95.7 Å². The highest BCUT2D eigenvalue weighted by Gasteiger charge is 2.55. The third kappa shape index (κ3) is 29.0. The van der Waals surface area contributed by atoms with Crippen LogP contribution in [-0.4, -0.2) is 240 Å². The first-order valence-electron chi connectivity index (χ1n) is 38.3. The van der Waals surface area contributed by atoms with Gasteiger partial charge in [0, 0.05) is 25.9 Å². The molecule has 118 heavy (non-hydrogen) atoms. The highest BCUT2D eigenvalue weighted by Crippen LogP contribution is 2.34. The first-order valence-corrected chi connectivity index (χ1v) is 38.3. The van der Waals surface area contributed by atoms with Gasteiger partial charge in [0.1, 0.15) is 25.4 Å². The maximum Gasteiger partial charge on any atom is 0.338 e. The summed E-state index contributed by atoms with van der Waals surface area (Å²) in [5.41, 5.74) is 1.25. The molecule has 2 amide bonds. The van der Waals surface area contributed by atoms with Crippen LogP contribution in [-0.2, 0) is 94.9 Å². The average Bonchev–Trinajstić information content (AvgIpc) is 0.780. The Labute approximate surface area is 680 Å². The second-order valence-electron chi connectivity index (χ2n) is 26.0. The number of amides is 2. The largest absolute Gasteiger partial charge is 0.459 e. The standard InChI is InChI=1S/C88H92N2O28/c91-71(89-43-47-103-51-53-105-55-57-107-87-77(117-85(99)67-37-21-7-22-38-67)75(115-83(97)65-33-17-5-18-34-65)73(113-81(95)63-29-13-3-14-30-63)69(111-87)59-109-79(93)61-25-9-1-10-26-61)41-45-101-49-50-102-46-42-72(92)90-44-48-104-52-54-106-56-58-108-88-78(118-86(100)68-39-23-8-24-40-68)76(116-84(98)66-35-19-6-20-36-66)74(114-82(96)64-31-15-4-16-32-64)70(112-88)60-110-80(94)62-27-11-2-12-28-62/h1-40,69-70,73-78,87-88H,41-60H2,(H,89,91)(H,90,92)/t69?,70?,73-,74-,75?,76?,77-,78-,87+,88+/m1/s1. The average molecular weight is 1630 g/mol. The van der Waals surface area contributed by atoms with Crippen molar-refractivity contribution in [2.45, 2.75) is 74.3 Å². The Morgan fingerprint density at radius 1 is 0.237 bits per heavy atom. The van der Waals surface area contributed by atoms with Crippen LogP contribution in [0.4, 0.5) is 0 Å². The molecule has 10 atom stereocenters.